The number of hydrogen-bond acceptors (Lipinski definition) is 3. The van der Waals surface area contributed by atoms with Crippen molar-refractivity contribution in [3.8, 4) is 11.5 Å². The third-order valence-electron chi connectivity index (χ3n) is 4.48. The molecule has 0 unspecified atom stereocenters. The minimum absolute atomic E-state index is 0.112. The summed E-state index contributed by atoms with van der Waals surface area (Å²) in [6.07, 6.45) is 3.51. The number of ether oxygens (including phenoxy) is 2. The third kappa shape index (κ3) is 4.04. The van der Waals surface area contributed by atoms with E-state index < -0.39 is 11.7 Å². The van der Waals surface area contributed by atoms with Crippen molar-refractivity contribution in [2.24, 2.45) is 0 Å². The topological polar surface area (TPSA) is 47.6 Å². The normalized spacial score (nSPS) is 13.9. The number of carbonyl (C=O) groups is 1. The van der Waals surface area contributed by atoms with Crippen LogP contribution in [0.4, 0.5) is 10.1 Å². The predicted molar refractivity (Wildman–Crippen MR) is 111 cm³/mol. The molecule has 1 aliphatic heterocycles. The highest BCUT2D eigenvalue weighted by Crippen LogP contribution is 2.33. The van der Waals surface area contributed by atoms with E-state index in [1.807, 2.05) is 48.5 Å². The first kappa shape index (κ1) is 18.5. The Balaban J connectivity index is 1.71. The smallest absolute Gasteiger partial charge is 0.259 e. The fraction of sp³-hybridized carbons (Fsp3) is 0.0417. The molecule has 29 heavy (non-hydrogen) atoms. The first-order valence-electron chi connectivity index (χ1n) is 9.04. The van der Waals surface area contributed by atoms with Gasteiger partial charge in [0.05, 0.1) is 18.4 Å². The van der Waals surface area contributed by atoms with E-state index >= 15 is 0 Å². The van der Waals surface area contributed by atoms with Crippen LogP contribution >= 0.6 is 0 Å². The fourth-order valence-electron chi connectivity index (χ4n) is 2.98. The zero-order valence-corrected chi connectivity index (χ0v) is 15.7. The van der Waals surface area contributed by atoms with Gasteiger partial charge in [-0.3, -0.25) is 4.79 Å². The summed E-state index contributed by atoms with van der Waals surface area (Å²) in [6.45, 7) is 0. The second kappa shape index (κ2) is 8.02. The summed E-state index contributed by atoms with van der Waals surface area (Å²) >= 11 is 0. The van der Waals surface area contributed by atoms with Gasteiger partial charge in [-0.25, -0.2) is 4.39 Å². The highest BCUT2D eigenvalue weighted by Gasteiger charge is 2.23. The average Bonchev–Trinajstić information content (AvgIpc) is 2.75. The molecule has 3 aromatic carbocycles. The lowest BCUT2D eigenvalue weighted by Crippen LogP contribution is -2.20. The summed E-state index contributed by atoms with van der Waals surface area (Å²) in [4.78, 5) is 12.9. The average molecular weight is 387 g/mol. The van der Waals surface area contributed by atoms with Gasteiger partial charge in [-0.15, -0.1) is 0 Å². The summed E-state index contributed by atoms with van der Waals surface area (Å²) < 4.78 is 25.2. The summed E-state index contributed by atoms with van der Waals surface area (Å²) in [5, 5.41) is 2.62. The SMILES string of the molecule is COc1ccc(/C=C2\Oc3ccccc3C=C2C(=O)Nc2ccccc2F)cc1. The Morgan fingerprint density at radius 2 is 1.72 bits per heavy atom. The van der Waals surface area contributed by atoms with Crippen LogP contribution in [-0.2, 0) is 4.79 Å². The summed E-state index contributed by atoms with van der Waals surface area (Å²) in [7, 11) is 1.60. The standard InChI is InChI=1S/C24H18FNO3/c1-28-18-12-10-16(11-13-18)14-23-19(15-17-6-2-5-9-22(17)29-23)24(27)26-21-8-4-3-7-20(21)25/h2-15H,1H3,(H,26,27)/b23-14-. The highest BCUT2D eigenvalue weighted by molar-refractivity contribution is 6.11. The molecule has 4 nitrogen and oxygen atoms in total. The lowest BCUT2D eigenvalue weighted by Gasteiger charge is -2.20. The van der Waals surface area contributed by atoms with Gasteiger partial charge in [-0.1, -0.05) is 42.5 Å². The van der Waals surface area contributed by atoms with Gasteiger partial charge in [0.15, 0.2) is 0 Å². The van der Waals surface area contributed by atoms with Gasteiger partial charge in [-0.05, 0) is 48.0 Å². The third-order valence-corrected chi connectivity index (χ3v) is 4.48. The van der Waals surface area contributed by atoms with Crippen molar-refractivity contribution < 1.29 is 18.7 Å². The minimum Gasteiger partial charge on any atom is -0.497 e. The van der Waals surface area contributed by atoms with E-state index in [9.17, 15) is 9.18 Å². The van der Waals surface area contributed by atoms with Crippen LogP contribution in [0.5, 0.6) is 11.5 Å². The van der Waals surface area contributed by atoms with Gasteiger partial charge in [-0.2, -0.15) is 0 Å². The van der Waals surface area contributed by atoms with Gasteiger partial charge < -0.3 is 14.8 Å². The number of amides is 1. The molecular formula is C24H18FNO3. The maximum atomic E-state index is 14.0. The van der Waals surface area contributed by atoms with E-state index in [0.29, 0.717) is 17.1 Å². The first-order valence-corrected chi connectivity index (χ1v) is 9.04. The Kier molecular flexibility index (Phi) is 5.12. The van der Waals surface area contributed by atoms with E-state index in [4.69, 9.17) is 9.47 Å². The van der Waals surface area contributed by atoms with Crippen LogP contribution in [0, 0.1) is 5.82 Å². The Bertz CT molecular complexity index is 1120. The Labute approximate surface area is 167 Å². The molecule has 3 aromatic rings. The quantitative estimate of drug-likeness (QED) is 0.662. The van der Waals surface area contributed by atoms with E-state index in [-0.39, 0.29) is 5.69 Å². The van der Waals surface area contributed by atoms with Crippen molar-refractivity contribution in [3.05, 3.63) is 101 Å². The summed E-state index contributed by atoms with van der Waals surface area (Å²) in [6, 6.07) is 20.8. The van der Waals surface area contributed by atoms with E-state index in [1.165, 1.54) is 12.1 Å². The molecule has 1 N–H and O–H groups in total. The molecule has 0 saturated heterocycles. The summed E-state index contributed by atoms with van der Waals surface area (Å²) in [5.74, 6) is 0.802. The lowest BCUT2D eigenvalue weighted by molar-refractivity contribution is -0.112. The van der Waals surface area contributed by atoms with Crippen LogP contribution in [0.2, 0.25) is 0 Å². The molecule has 0 aliphatic carbocycles. The van der Waals surface area contributed by atoms with Gasteiger partial charge >= 0.3 is 0 Å². The highest BCUT2D eigenvalue weighted by atomic mass is 19.1. The molecule has 0 spiro atoms. The number of benzene rings is 3. The molecule has 144 valence electrons. The monoisotopic (exact) mass is 387 g/mol. The first-order chi connectivity index (χ1) is 14.1. The lowest BCUT2D eigenvalue weighted by atomic mass is 10.0. The van der Waals surface area contributed by atoms with Crippen molar-refractivity contribution in [1.29, 1.82) is 0 Å². The fourth-order valence-corrected chi connectivity index (χ4v) is 2.98. The molecule has 0 radical (unpaired) electrons. The van der Waals surface area contributed by atoms with Crippen molar-refractivity contribution in [2.45, 2.75) is 0 Å². The van der Waals surface area contributed by atoms with Crippen LogP contribution in [-0.4, -0.2) is 13.0 Å². The maximum Gasteiger partial charge on any atom is 0.259 e. The molecule has 0 fully saturated rings. The molecule has 0 bridgehead atoms. The van der Waals surface area contributed by atoms with Crippen molar-refractivity contribution in [2.75, 3.05) is 12.4 Å². The van der Waals surface area contributed by atoms with E-state index in [2.05, 4.69) is 5.32 Å². The molecular weight excluding hydrogens is 369 g/mol. The van der Waals surface area contributed by atoms with Gasteiger partial charge in [0.2, 0.25) is 0 Å². The number of hydrogen-bond donors (Lipinski definition) is 1. The van der Waals surface area contributed by atoms with Crippen molar-refractivity contribution in [1.82, 2.24) is 0 Å². The molecule has 0 aromatic heterocycles. The second-order valence-electron chi connectivity index (χ2n) is 6.41. The number of fused-ring (bicyclic) bond motifs is 1. The number of halogens is 1. The zero-order chi connectivity index (χ0) is 20.2. The van der Waals surface area contributed by atoms with Crippen LogP contribution in [0.3, 0.4) is 0 Å². The van der Waals surface area contributed by atoms with Gasteiger partial charge in [0, 0.05) is 5.56 Å². The molecule has 0 atom stereocenters. The number of nitrogens with one attached hydrogen (secondary N) is 1. The molecule has 0 saturated carbocycles. The molecule has 4 rings (SSSR count). The zero-order valence-electron chi connectivity index (χ0n) is 15.7. The van der Waals surface area contributed by atoms with Crippen LogP contribution in [0.15, 0.2) is 84.1 Å². The van der Waals surface area contributed by atoms with Crippen molar-refractivity contribution in [3.63, 3.8) is 0 Å². The number of anilines is 1. The van der Waals surface area contributed by atoms with Crippen molar-refractivity contribution >= 4 is 23.7 Å². The van der Waals surface area contributed by atoms with E-state index in [1.54, 1.807) is 31.4 Å². The second-order valence-corrected chi connectivity index (χ2v) is 6.41. The van der Waals surface area contributed by atoms with Gasteiger partial charge in [0.1, 0.15) is 23.1 Å². The largest absolute Gasteiger partial charge is 0.497 e. The Hall–Kier alpha value is -3.86. The predicted octanol–water partition coefficient (Wildman–Crippen LogP) is 5.29. The maximum absolute atomic E-state index is 14.0. The molecule has 5 heteroatoms. The number of rotatable bonds is 4. The summed E-state index contributed by atoms with van der Waals surface area (Å²) in [5.41, 5.74) is 2.03. The molecule has 1 heterocycles. The van der Waals surface area contributed by atoms with Gasteiger partial charge in [0.25, 0.3) is 5.91 Å². The molecule has 1 amide bonds. The van der Waals surface area contributed by atoms with Crippen LogP contribution in [0.1, 0.15) is 11.1 Å². The minimum atomic E-state index is -0.501. The van der Waals surface area contributed by atoms with Crippen LogP contribution in [0.25, 0.3) is 12.2 Å². The number of para-hydroxylation sites is 2. The van der Waals surface area contributed by atoms with Crippen LogP contribution < -0.4 is 14.8 Å². The van der Waals surface area contributed by atoms with E-state index in [0.717, 1.165) is 16.9 Å². The molecule has 1 aliphatic rings. The number of carbonyl (C=O) groups excluding carboxylic acids is 1. The Morgan fingerprint density at radius 1 is 1.00 bits per heavy atom. The number of methoxy groups -OCH3 is 1. The Morgan fingerprint density at radius 3 is 2.48 bits per heavy atom.